The van der Waals surface area contributed by atoms with Crippen LogP contribution in [0.25, 0.3) is 0 Å². The lowest BCUT2D eigenvalue weighted by atomic mass is 10.2. The van der Waals surface area contributed by atoms with Crippen LogP contribution in [0.3, 0.4) is 0 Å². The van der Waals surface area contributed by atoms with Gasteiger partial charge >= 0.3 is 0 Å². The van der Waals surface area contributed by atoms with Gasteiger partial charge in [0.05, 0.1) is 11.7 Å². The molecule has 0 aliphatic heterocycles. The first-order valence-corrected chi connectivity index (χ1v) is 5.07. The summed E-state index contributed by atoms with van der Waals surface area (Å²) in [6.07, 6.45) is 0.358. The van der Waals surface area contributed by atoms with E-state index < -0.39 is 12.5 Å². The molecule has 1 aromatic rings. The predicted molar refractivity (Wildman–Crippen MR) is 54.9 cm³/mol. The minimum absolute atomic E-state index is 0.447. The normalized spacial score (nSPS) is 13.5. The lowest BCUT2D eigenvalue weighted by Gasteiger charge is -2.11. The number of alkyl halides is 2. The molecule has 0 fully saturated rings. The summed E-state index contributed by atoms with van der Waals surface area (Å²) >= 11 is 0. The van der Waals surface area contributed by atoms with E-state index in [2.05, 4.69) is 10.4 Å². The van der Waals surface area contributed by atoms with Gasteiger partial charge in [-0.05, 0) is 13.3 Å². The lowest BCUT2D eigenvalue weighted by Crippen LogP contribution is -2.32. The van der Waals surface area contributed by atoms with Crippen LogP contribution in [-0.2, 0) is 20.0 Å². The van der Waals surface area contributed by atoms with Crippen molar-refractivity contribution in [1.82, 2.24) is 15.1 Å². The molecule has 86 valence electrons. The third-order valence-corrected chi connectivity index (χ3v) is 2.32. The van der Waals surface area contributed by atoms with Gasteiger partial charge in [-0.15, -0.1) is 0 Å². The molecule has 1 heterocycles. The highest BCUT2D eigenvalue weighted by Gasteiger charge is 2.14. The molecule has 0 amide bonds. The van der Waals surface area contributed by atoms with Gasteiger partial charge in [0, 0.05) is 25.4 Å². The molecule has 3 nitrogen and oxygen atoms in total. The van der Waals surface area contributed by atoms with E-state index in [-0.39, 0.29) is 0 Å². The molecular formula is C10H17F2N3. The minimum atomic E-state index is -2.33. The number of halogens is 2. The minimum Gasteiger partial charge on any atom is -0.305 e. The van der Waals surface area contributed by atoms with Crippen LogP contribution in [0.15, 0.2) is 6.20 Å². The smallest absolute Gasteiger partial charge is 0.253 e. The quantitative estimate of drug-likeness (QED) is 0.814. The molecule has 0 aliphatic rings. The Morgan fingerprint density at radius 1 is 1.53 bits per heavy atom. The van der Waals surface area contributed by atoms with Gasteiger partial charge in [0.25, 0.3) is 6.43 Å². The number of aryl methyl sites for hydroxylation is 2. The lowest BCUT2D eigenvalue weighted by molar-refractivity contribution is 0.105. The van der Waals surface area contributed by atoms with Crippen molar-refractivity contribution in [2.24, 2.45) is 7.05 Å². The van der Waals surface area contributed by atoms with Crippen LogP contribution in [0, 0.1) is 0 Å². The zero-order valence-electron chi connectivity index (χ0n) is 9.30. The van der Waals surface area contributed by atoms with E-state index in [1.165, 1.54) is 6.92 Å². The fourth-order valence-electron chi connectivity index (χ4n) is 1.39. The number of hydrogen-bond donors (Lipinski definition) is 1. The van der Waals surface area contributed by atoms with E-state index in [9.17, 15) is 8.78 Å². The fourth-order valence-corrected chi connectivity index (χ4v) is 1.39. The van der Waals surface area contributed by atoms with Gasteiger partial charge in [-0.25, -0.2) is 8.78 Å². The average molecular weight is 217 g/mol. The van der Waals surface area contributed by atoms with Crippen LogP contribution in [0.5, 0.6) is 0 Å². The van der Waals surface area contributed by atoms with Crippen LogP contribution < -0.4 is 5.32 Å². The van der Waals surface area contributed by atoms with Crippen molar-refractivity contribution in [2.75, 3.05) is 0 Å². The third kappa shape index (κ3) is 3.27. The Kier molecular flexibility index (Phi) is 4.20. The van der Waals surface area contributed by atoms with Gasteiger partial charge in [-0.3, -0.25) is 4.68 Å². The topological polar surface area (TPSA) is 29.9 Å². The van der Waals surface area contributed by atoms with Crippen LogP contribution in [-0.4, -0.2) is 22.2 Å². The molecular weight excluding hydrogens is 200 g/mol. The first kappa shape index (κ1) is 12.1. The summed E-state index contributed by atoms with van der Waals surface area (Å²) in [7, 11) is 1.83. The molecule has 1 aromatic heterocycles. The Balaban J connectivity index is 2.56. The molecule has 1 rings (SSSR count). The van der Waals surface area contributed by atoms with Crippen molar-refractivity contribution in [3.8, 4) is 0 Å². The molecule has 0 aromatic carbocycles. The van der Waals surface area contributed by atoms with Crippen LogP contribution in [0.4, 0.5) is 8.78 Å². The fraction of sp³-hybridized carbons (Fsp3) is 0.700. The Morgan fingerprint density at radius 3 is 2.73 bits per heavy atom. The standard InChI is InChI=1S/C10H17F2N3/c1-4-9-8(6-15(3)14-9)5-13-7(2)10(11)12/h6-7,10,13H,4-5H2,1-3H3. The van der Waals surface area contributed by atoms with Crippen LogP contribution >= 0.6 is 0 Å². The molecule has 0 spiro atoms. The van der Waals surface area contributed by atoms with Gasteiger partial charge in [0.15, 0.2) is 0 Å². The second-order valence-corrected chi connectivity index (χ2v) is 3.63. The summed E-state index contributed by atoms with van der Waals surface area (Å²) in [4.78, 5) is 0. The van der Waals surface area contributed by atoms with E-state index in [0.717, 1.165) is 17.7 Å². The maximum atomic E-state index is 12.2. The summed E-state index contributed by atoms with van der Waals surface area (Å²) in [6, 6.07) is -0.782. The number of aromatic nitrogens is 2. The molecule has 0 saturated carbocycles. The molecule has 15 heavy (non-hydrogen) atoms. The second-order valence-electron chi connectivity index (χ2n) is 3.63. The zero-order chi connectivity index (χ0) is 11.4. The average Bonchev–Trinajstić information content (AvgIpc) is 2.55. The van der Waals surface area contributed by atoms with Crippen molar-refractivity contribution < 1.29 is 8.78 Å². The van der Waals surface area contributed by atoms with E-state index in [1.54, 1.807) is 4.68 Å². The van der Waals surface area contributed by atoms with Crippen LogP contribution in [0.2, 0.25) is 0 Å². The van der Waals surface area contributed by atoms with Gasteiger partial charge < -0.3 is 5.32 Å². The van der Waals surface area contributed by atoms with E-state index >= 15 is 0 Å². The second kappa shape index (κ2) is 5.21. The monoisotopic (exact) mass is 217 g/mol. The SMILES string of the molecule is CCc1nn(C)cc1CNC(C)C(F)F. The maximum Gasteiger partial charge on any atom is 0.253 e. The molecule has 0 saturated heterocycles. The van der Waals surface area contributed by atoms with Gasteiger partial charge in [0.2, 0.25) is 0 Å². The largest absolute Gasteiger partial charge is 0.305 e. The molecule has 1 atom stereocenters. The number of nitrogens with zero attached hydrogens (tertiary/aromatic N) is 2. The molecule has 1 unspecified atom stereocenters. The number of nitrogens with one attached hydrogen (secondary N) is 1. The van der Waals surface area contributed by atoms with Crippen molar-refractivity contribution in [1.29, 1.82) is 0 Å². The Morgan fingerprint density at radius 2 is 2.20 bits per heavy atom. The molecule has 0 radical (unpaired) electrons. The van der Waals surface area contributed by atoms with Gasteiger partial charge in [0.1, 0.15) is 0 Å². The summed E-state index contributed by atoms with van der Waals surface area (Å²) in [5.74, 6) is 0. The summed E-state index contributed by atoms with van der Waals surface area (Å²) < 4.78 is 26.2. The summed E-state index contributed by atoms with van der Waals surface area (Å²) in [5.41, 5.74) is 1.96. The van der Waals surface area contributed by atoms with Crippen LogP contribution in [0.1, 0.15) is 25.1 Å². The van der Waals surface area contributed by atoms with Gasteiger partial charge in [-0.2, -0.15) is 5.10 Å². The summed E-state index contributed by atoms with van der Waals surface area (Å²) in [5, 5.41) is 7.02. The Hall–Kier alpha value is -0.970. The van der Waals surface area contributed by atoms with Crippen molar-refractivity contribution in [2.45, 2.75) is 39.3 Å². The van der Waals surface area contributed by atoms with Gasteiger partial charge in [-0.1, -0.05) is 6.92 Å². The van der Waals surface area contributed by atoms with E-state index in [1.807, 2.05) is 20.2 Å². The number of hydrogen-bond acceptors (Lipinski definition) is 2. The Labute approximate surface area is 88.5 Å². The first-order valence-electron chi connectivity index (χ1n) is 5.07. The van der Waals surface area contributed by atoms with Crippen molar-refractivity contribution in [3.63, 3.8) is 0 Å². The maximum absolute atomic E-state index is 12.2. The van der Waals surface area contributed by atoms with Crippen molar-refractivity contribution >= 4 is 0 Å². The zero-order valence-corrected chi connectivity index (χ0v) is 9.30. The number of rotatable bonds is 5. The first-order chi connectivity index (χ1) is 7.04. The van der Waals surface area contributed by atoms with E-state index in [4.69, 9.17) is 0 Å². The highest BCUT2D eigenvalue weighted by Crippen LogP contribution is 2.08. The predicted octanol–water partition coefficient (Wildman–Crippen LogP) is 1.73. The highest BCUT2D eigenvalue weighted by molar-refractivity contribution is 5.16. The Bertz CT molecular complexity index is 310. The third-order valence-electron chi connectivity index (χ3n) is 2.32. The van der Waals surface area contributed by atoms with E-state index in [0.29, 0.717) is 6.54 Å². The van der Waals surface area contributed by atoms with Crippen molar-refractivity contribution in [3.05, 3.63) is 17.5 Å². The summed E-state index contributed by atoms with van der Waals surface area (Å²) in [6.45, 7) is 3.93. The molecule has 1 N–H and O–H groups in total. The molecule has 5 heteroatoms. The molecule has 0 aliphatic carbocycles. The highest BCUT2D eigenvalue weighted by atomic mass is 19.3. The molecule has 0 bridgehead atoms.